The van der Waals surface area contributed by atoms with E-state index in [-0.39, 0.29) is 12.5 Å². The van der Waals surface area contributed by atoms with Gasteiger partial charge in [-0.1, -0.05) is 11.6 Å². The van der Waals surface area contributed by atoms with Gasteiger partial charge in [-0.2, -0.15) is 5.10 Å². The molecule has 20 heavy (non-hydrogen) atoms. The number of hydrogen-bond acceptors (Lipinski definition) is 4. The Balaban J connectivity index is 1.78. The second kappa shape index (κ2) is 6.29. The van der Waals surface area contributed by atoms with Gasteiger partial charge < -0.3 is 15.8 Å². The minimum Gasteiger partial charge on any atom is -0.484 e. The molecular formula is C13H15ClN4O2. The first kappa shape index (κ1) is 14.2. The number of ether oxygens (including phenoxy) is 1. The molecule has 3 N–H and O–H groups in total. The Bertz CT molecular complexity index is 595. The molecule has 0 radical (unpaired) electrons. The van der Waals surface area contributed by atoms with E-state index in [4.69, 9.17) is 22.1 Å². The number of aromatic nitrogens is 2. The monoisotopic (exact) mass is 294 g/mol. The van der Waals surface area contributed by atoms with E-state index in [0.717, 1.165) is 5.56 Å². The van der Waals surface area contributed by atoms with Gasteiger partial charge in [-0.15, -0.1) is 0 Å². The second-order valence-electron chi connectivity index (χ2n) is 4.20. The van der Waals surface area contributed by atoms with Crippen molar-refractivity contribution in [1.29, 1.82) is 0 Å². The van der Waals surface area contributed by atoms with Crippen molar-refractivity contribution in [2.24, 2.45) is 7.05 Å². The predicted octanol–water partition coefficient (Wildman–Crippen LogP) is 1.35. The standard InChI is InChI=1S/C13H15ClN4O2/c1-18-13(15)9(7-17-18)6-16-12(19)8-20-11-4-2-10(14)3-5-11/h2-5,7H,6,8,15H2,1H3,(H,16,19). The lowest BCUT2D eigenvalue weighted by Crippen LogP contribution is -2.28. The number of nitrogens with one attached hydrogen (secondary N) is 1. The van der Waals surface area contributed by atoms with E-state index >= 15 is 0 Å². The topological polar surface area (TPSA) is 82.2 Å². The second-order valence-corrected chi connectivity index (χ2v) is 4.63. The minimum absolute atomic E-state index is 0.0677. The van der Waals surface area contributed by atoms with Crippen molar-refractivity contribution in [1.82, 2.24) is 15.1 Å². The number of carbonyl (C=O) groups is 1. The van der Waals surface area contributed by atoms with Crippen LogP contribution in [0.15, 0.2) is 30.5 Å². The lowest BCUT2D eigenvalue weighted by atomic mass is 10.3. The molecule has 0 bridgehead atoms. The molecule has 0 atom stereocenters. The maximum atomic E-state index is 11.6. The molecule has 1 aromatic heterocycles. The van der Waals surface area contributed by atoms with Crippen molar-refractivity contribution in [2.45, 2.75) is 6.54 Å². The highest BCUT2D eigenvalue weighted by molar-refractivity contribution is 6.30. The van der Waals surface area contributed by atoms with Gasteiger partial charge in [0, 0.05) is 24.2 Å². The SMILES string of the molecule is Cn1ncc(CNC(=O)COc2ccc(Cl)cc2)c1N. The van der Waals surface area contributed by atoms with Gasteiger partial charge in [-0.05, 0) is 24.3 Å². The van der Waals surface area contributed by atoms with Crippen LogP contribution >= 0.6 is 11.6 Å². The number of aryl methyl sites for hydroxylation is 1. The summed E-state index contributed by atoms with van der Waals surface area (Å²) in [5.41, 5.74) is 6.54. The summed E-state index contributed by atoms with van der Waals surface area (Å²) < 4.78 is 6.87. The van der Waals surface area contributed by atoms with E-state index in [1.807, 2.05) is 0 Å². The maximum Gasteiger partial charge on any atom is 0.258 e. The van der Waals surface area contributed by atoms with Crippen molar-refractivity contribution in [3.63, 3.8) is 0 Å². The fourth-order valence-corrected chi connectivity index (χ4v) is 1.68. The molecule has 0 aliphatic heterocycles. The van der Waals surface area contributed by atoms with E-state index < -0.39 is 0 Å². The zero-order chi connectivity index (χ0) is 14.5. The van der Waals surface area contributed by atoms with Gasteiger partial charge in [0.25, 0.3) is 5.91 Å². The molecule has 1 amide bonds. The van der Waals surface area contributed by atoms with Crippen molar-refractivity contribution in [3.05, 3.63) is 41.0 Å². The van der Waals surface area contributed by atoms with Gasteiger partial charge in [0.2, 0.25) is 0 Å². The average Bonchev–Trinajstić information content (AvgIpc) is 2.76. The number of nitrogen functional groups attached to an aromatic ring is 1. The molecule has 0 aliphatic carbocycles. The Morgan fingerprint density at radius 3 is 2.75 bits per heavy atom. The maximum absolute atomic E-state index is 11.6. The van der Waals surface area contributed by atoms with Gasteiger partial charge in [-0.3, -0.25) is 9.48 Å². The van der Waals surface area contributed by atoms with Crippen LogP contribution in [0.3, 0.4) is 0 Å². The third kappa shape index (κ3) is 3.64. The highest BCUT2D eigenvalue weighted by atomic mass is 35.5. The Morgan fingerprint density at radius 1 is 1.45 bits per heavy atom. The first-order valence-corrected chi connectivity index (χ1v) is 6.35. The smallest absolute Gasteiger partial charge is 0.258 e. The van der Waals surface area contributed by atoms with Gasteiger partial charge in [-0.25, -0.2) is 0 Å². The lowest BCUT2D eigenvalue weighted by Gasteiger charge is -2.07. The van der Waals surface area contributed by atoms with Crippen molar-refractivity contribution < 1.29 is 9.53 Å². The van der Waals surface area contributed by atoms with E-state index in [1.165, 1.54) is 0 Å². The summed E-state index contributed by atoms with van der Waals surface area (Å²) in [4.78, 5) is 11.6. The molecule has 2 rings (SSSR count). The summed E-state index contributed by atoms with van der Waals surface area (Å²) >= 11 is 5.75. The normalized spacial score (nSPS) is 10.3. The molecule has 1 heterocycles. The van der Waals surface area contributed by atoms with Gasteiger partial charge in [0.05, 0.1) is 6.20 Å². The van der Waals surface area contributed by atoms with E-state index in [0.29, 0.717) is 23.1 Å². The van der Waals surface area contributed by atoms with Crippen LogP contribution in [0, 0.1) is 0 Å². The van der Waals surface area contributed by atoms with Gasteiger partial charge in [0.15, 0.2) is 6.61 Å². The van der Waals surface area contributed by atoms with Crippen LogP contribution in [0.5, 0.6) is 5.75 Å². The molecular weight excluding hydrogens is 280 g/mol. The Kier molecular flexibility index (Phi) is 4.47. The summed E-state index contributed by atoms with van der Waals surface area (Å²) in [6.07, 6.45) is 1.62. The number of anilines is 1. The zero-order valence-corrected chi connectivity index (χ0v) is 11.7. The molecule has 0 saturated heterocycles. The quantitative estimate of drug-likeness (QED) is 0.872. The van der Waals surface area contributed by atoms with Gasteiger partial charge >= 0.3 is 0 Å². The first-order chi connectivity index (χ1) is 9.56. The fourth-order valence-electron chi connectivity index (χ4n) is 1.55. The van der Waals surface area contributed by atoms with Crippen molar-refractivity contribution in [3.8, 4) is 5.75 Å². The lowest BCUT2D eigenvalue weighted by molar-refractivity contribution is -0.123. The van der Waals surface area contributed by atoms with Gasteiger partial charge in [0.1, 0.15) is 11.6 Å². The summed E-state index contributed by atoms with van der Waals surface area (Å²) in [7, 11) is 1.74. The third-order valence-corrected chi connectivity index (χ3v) is 2.98. The molecule has 6 nitrogen and oxygen atoms in total. The third-order valence-electron chi connectivity index (χ3n) is 2.72. The van der Waals surface area contributed by atoms with Crippen LogP contribution < -0.4 is 15.8 Å². The fraction of sp³-hybridized carbons (Fsp3) is 0.231. The first-order valence-electron chi connectivity index (χ1n) is 5.97. The zero-order valence-electron chi connectivity index (χ0n) is 11.0. The molecule has 0 aliphatic rings. The highest BCUT2D eigenvalue weighted by Crippen LogP contribution is 2.15. The summed E-state index contributed by atoms with van der Waals surface area (Å²) in [6.45, 7) is 0.254. The number of hydrogen-bond donors (Lipinski definition) is 2. The number of halogens is 1. The van der Waals surface area contributed by atoms with Crippen LogP contribution in [0.2, 0.25) is 5.02 Å². The van der Waals surface area contributed by atoms with Crippen LogP contribution in [-0.4, -0.2) is 22.3 Å². The van der Waals surface area contributed by atoms with E-state index in [1.54, 1.807) is 42.2 Å². The average molecular weight is 295 g/mol. The van der Waals surface area contributed by atoms with E-state index in [2.05, 4.69) is 10.4 Å². The summed E-state index contributed by atoms with van der Waals surface area (Å²) in [5.74, 6) is 0.887. The molecule has 7 heteroatoms. The molecule has 0 saturated carbocycles. The van der Waals surface area contributed by atoms with E-state index in [9.17, 15) is 4.79 Å². The minimum atomic E-state index is -0.233. The Hall–Kier alpha value is -2.21. The highest BCUT2D eigenvalue weighted by Gasteiger charge is 2.07. The molecule has 0 spiro atoms. The van der Waals surface area contributed by atoms with Crippen molar-refractivity contribution >= 4 is 23.3 Å². The largest absolute Gasteiger partial charge is 0.484 e. The molecule has 106 valence electrons. The molecule has 1 aromatic carbocycles. The number of rotatable bonds is 5. The van der Waals surface area contributed by atoms with Crippen molar-refractivity contribution in [2.75, 3.05) is 12.3 Å². The molecule has 2 aromatic rings. The van der Waals surface area contributed by atoms with Crippen LogP contribution in [-0.2, 0) is 18.4 Å². The number of benzene rings is 1. The summed E-state index contributed by atoms with van der Waals surface area (Å²) in [5, 5.41) is 7.32. The number of amides is 1. The summed E-state index contributed by atoms with van der Waals surface area (Å²) in [6, 6.07) is 6.81. The van der Waals surface area contributed by atoms with Crippen LogP contribution in [0.1, 0.15) is 5.56 Å². The molecule has 0 unspecified atom stereocenters. The number of nitrogens with two attached hydrogens (primary N) is 1. The van der Waals surface area contributed by atoms with Crippen LogP contribution in [0.4, 0.5) is 5.82 Å². The Labute approximate surface area is 121 Å². The molecule has 0 fully saturated rings. The number of carbonyl (C=O) groups excluding carboxylic acids is 1. The number of nitrogens with zero attached hydrogens (tertiary/aromatic N) is 2. The van der Waals surface area contributed by atoms with Crippen LogP contribution in [0.25, 0.3) is 0 Å². The Morgan fingerprint density at radius 2 is 2.15 bits per heavy atom. The predicted molar refractivity (Wildman–Crippen MR) is 76.4 cm³/mol.